The van der Waals surface area contributed by atoms with Crippen molar-refractivity contribution >= 4 is 9.84 Å². The predicted molar refractivity (Wildman–Crippen MR) is 108 cm³/mol. The van der Waals surface area contributed by atoms with E-state index in [0.717, 1.165) is 28.1 Å². The van der Waals surface area contributed by atoms with Gasteiger partial charge in [0.25, 0.3) is 0 Å². The highest BCUT2D eigenvalue weighted by Gasteiger charge is 2.17. The van der Waals surface area contributed by atoms with Crippen molar-refractivity contribution in [3.05, 3.63) is 90.9 Å². The summed E-state index contributed by atoms with van der Waals surface area (Å²) in [7, 11) is -3.28. The predicted octanol–water partition coefficient (Wildman–Crippen LogP) is 4.75. The molecule has 1 heterocycles. The zero-order chi connectivity index (χ0) is 19.7. The van der Waals surface area contributed by atoms with Gasteiger partial charge in [-0.2, -0.15) is 5.10 Å². The average molecular weight is 392 g/mol. The maximum atomic E-state index is 13.4. The summed E-state index contributed by atoms with van der Waals surface area (Å²) >= 11 is 0. The molecular weight excluding hydrogens is 375 g/mol. The second-order valence-electron chi connectivity index (χ2n) is 6.46. The van der Waals surface area contributed by atoms with Gasteiger partial charge in [-0.25, -0.2) is 17.5 Å². The molecule has 0 N–H and O–H groups in total. The van der Waals surface area contributed by atoms with Gasteiger partial charge in [0.1, 0.15) is 5.82 Å². The first kappa shape index (κ1) is 18.1. The third-order valence-electron chi connectivity index (χ3n) is 4.48. The molecule has 1 aromatic heterocycles. The van der Waals surface area contributed by atoms with Crippen LogP contribution in [0.15, 0.2) is 90.0 Å². The molecule has 0 aliphatic heterocycles. The number of para-hydroxylation sites is 1. The minimum Gasteiger partial charge on any atom is -0.232 e. The lowest BCUT2D eigenvalue weighted by Crippen LogP contribution is -2.00. The summed E-state index contributed by atoms with van der Waals surface area (Å²) in [4.78, 5) is 0.255. The molecule has 0 unspecified atom stereocenters. The van der Waals surface area contributed by atoms with Crippen LogP contribution < -0.4 is 0 Å². The van der Waals surface area contributed by atoms with Gasteiger partial charge in [0.15, 0.2) is 9.84 Å². The molecule has 0 atom stereocenters. The highest BCUT2D eigenvalue weighted by Crippen LogP contribution is 2.34. The van der Waals surface area contributed by atoms with Crippen LogP contribution in [0, 0.1) is 5.82 Å². The molecule has 28 heavy (non-hydrogen) atoms. The summed E-state index contributed by atoms with van der Waals surface area (Å²) in [5.41, 5.74) is 4.14. The van der Waals surface area contributed by atoms with E-state index in [4.69, 9.17) is 0 Å². The van der Waals surface area contributed by atoms with Crippen molar-refractivity contribution in [2.75, 3.05) is 6.26 Å². The minimum atomic E-state index is -3.28. The van der Waals surface area contributed by atoms with Crippen LogP contribution in [0.1, 0.15) is 0 Å². The molecule has 4 nitrogen and oxygen atoms in total. The molecule has 0 aliphatic rings. The highest BCUT2D eigenvalue weighted by atomic mass is 32.2. The molecule has 140 valence electrons. The molecule has 0 aliphatic carbocycles. The van der Waals surface area contributed by atoms with Gasteiger partial charge in [-0.3, -0.25) is 0 Å². The number of hydrogen-bond acceptors (Lipinski definition) is 3. The van der Waals surface area contributed by atoms with Crippen molar-refractivity contribution in [3.8, 4) is 28.1 Å². The smallest absolute Gasteiger partial charge is 0.175 e. The van der Waals surface area contributed by atoms with Crippen LogP contribution in [0.25, 0.3) is 28.1 Å². The van der Waals surface area contributed by atoms with E-state index in [1.54, 1.807) is 47.3 Å². The van der Waals surface area contributed by atoms with E-state index in [2.05, 4.69) is 5.10 Å². The Kier molecular flexibility index (Phi) is 4.57. The number of halogens is 1. The second kappa shape index (κ2) is 7.05. The molecule has 0 saturated heterocycles. The second-order valence-corrected chi connectivity index (χ2v) is 8.47. The Morgan fingerprint density at radius 2 is 1.43 bits per heavy atom. The molecule has 0 fully saturated rings. The minimum absolute atomic E-state index is 0.255. The van der Waals surface area contributed by atoms with E-state index in [9.17, 15) is 12.8 Å². The molecular formula is C22H17FN2O2S. The van der Waals surface area contributed by atoms with Crippen molar-refractivity contribution in [2.24, 2.45) is 0 Å². The highest BCUT2D eigenvalue weighted by molar-refractivity contribution is 7.90. The SMILES string of the molecule is CS(=O)(=O)c1ccc(-c2c(-c3ccc(F)cc3)cnn2-c2ccccc2)cc1. The molecule has 6 heteroatoms. The van der Waals surface area contributed by atoms with Gasteiger partial charge in [-0.05, 0) is 42.0 Å². The fourth-order valence-electron chi connectivity index (χ4n) is 3.09. The van der Waals surface area contributed by atoms with Crippen LogP contribution in [0.3, 0.4) is 0 Å². The maximum Gasteiger partial charge on any atom is 0.175 e. The lowest BCUT2D eigenvalue weighted by Gasteiger charge is -2.11. The van der Waals surface area contributed by atoms with E-state index >= 15 is 0 Å². The van der Waals surface area contributed by atoms with E-state index in [1.165, 1.54) is 18.4 Å². The van der Waals surface area contributed by atoms with Gasteiger partial charge in [0.05, 0.1) is 22.5 Å². The first-order chi connectivity index (χ1) is 13.4. The van der Waals surface area contributed by atoms with Gasteiger partial charge in [0.2, 0.25) is 0 Å². The lowest BCUT2D eigenvalue weighted by atomic mass is 10.0. The number of nitrogens with zero attached hydrogens (tertiary/aromatic N) is 2. The molecule has 0 radical (unpaired) electrons. The van der Waals surface area contributed by atoms with Gasteiger partial charge in [-0.15, -0.1) is 0 Å². The zero-order valence-corrected chi connectivity index (χ0v) is 15.9. The van der Waals surface area contributed by atoms with Crippen molar-refractivity contribution in [2.45, 2.75) is 4.90 Å². The first-order valence-corrected chi connectivity index (χ1v) is 10.5. The Morgan fingerprint density at radius 1 is 0.821 bits per heavy atom. The van der Waals surface area contributed by atoms with Crippen LogP contribution in [-0.2, 0) is 9.84 Å². The van der Waals surface area contributed by atoms with Crippen LogP contribution in [0.5, 0.6) is 0 Å². The topological polar surface area (TPSA) is 52.0 Å². The van der Waals surface area contributed by atoms with Gasteiger partial charge < -0.3 is 0 Å². The normalized spacial score (nSPS) is 11.5. The Labute approximate surface area is 162 Å². The molecule has 4 rings (SSSR count). The molecule has 0 bridgehead atoms. The first-order valence-electron chi connectivity index (χ1n) is 8.63. The summed E-state index contributed by atoms with van der Waals surface area (Å²) in [6, 6.07) is 22.6. The van der Waals surface area contributed by atoms with Crippen molar-refractivity contribution in [1.82, 2.24) is 9.78 Å². The monoisotopic (exact) mass is 392 g/mol. The quantitative estimate of drug-likeness (QED) is 0.504. The molecule has 0 saturated carbocycles. The Hall–Kier alpha value is -3.25. The number of rotatable bonds is 4. The van der Waals surface area contributed by atoms with Crippen LogP contribution in [0.2, 0.25) is 0 Å². The Morgan fingerprint density at radius 3 is 2.04 bits per heavy atom. The molecule has 3 aromatic carbocycles. The standard InChI is InChI=1S/C22H17FN2O2S/c1-28(26,27)20-13-9-17(10-14-20)22-21(16-7-11-18(23)12-8-16)15-24-25(22)19-5-3-2-4-6-19/h2-15H,1H3. The van der Waals surface area contributed by atoms with Gasteiger partial charge in [-0.1, -0.05) is 42.5 Å². The van der Waals surface area contributed by atoms with Gasteiger partial charge in [0, 0.05) is 17.4 Å². The number of hydrogen-bond donors (Lipinski definition) is 0. The summed E-state index contributed by atoms with van der Waals surface area (Å²) in [5.74, 6) is -0.307. The zero-order valence-electron chi connectivity index (χ0n) is 15.1. The molecule has 4 aromatic rings. The van der Waals surface area contributed by atoms with Crippen molar-refractivity contribution in [3.63, 3.8) is 0 Å². The molecule has 0 amide bonds. The van der Waals surface area contributed by atoms with E-state index < -0.39 is 9.84 Å². The van der Waals surface area contributed by atoms with Gasteiger partial charge >= 0.3 is 0 Å². The number of sulfone groups is 1. The van der Waals surface area contributed by atoms with Crippen LogP contribution in [-0.4, -0.2) is 24.5 Å². The third-order valence-corrected chi connectivity index (χ3v) is 5.61. The average Bonchev–Trinajstić information content (AvgIpc) is 3.14. The number of aromatic nitrogens is 2. The summed E-state index contributed by atoms with van der Waals surface area (Å²) in [6.45, 7) is 0. The third kappa shape index (κ3) is 3.46. The fraction of sp³-hybridized carbons (Fsp3) is 0.0455. The number of benzene rings is 3. The maximum absolute atomic E-state index is 13.4. The van der Waals surface area contributed by atoms with E-state index in [-0.39, 0.29) is 10.7 Å². The largest absolute Gasteiger partial charge is 0.232 e. The Balaban J connectivity index is 1.92. The van der Waals surface area contributed by atoms with Crippen LogP contribution >= 0.6 is 0 Å². The van der Waals surface area contributed by atoms with E-state index in [1.807, 2.05) is 30.3 Å². The molecule has 0 spiro atoms. The Bertz CT molecular complexity index is 1210. The summed E-state index contributed by atoms with van der Waals surface area (Å²) < 4.78 is 38.7. The summed E-state index contributed by atoms with van der Waals surface area (Å²) in [5, 5.41) is 4.54. The summed E-state index contributed by atoms with van der Waals surface area (Å²) in [6.07, 6.45) is 2.92. The lowest BCUT2D eigenvalue weighted by molar-refractivity contribution is 0.602. The van der Waals surface area contributed by atoms with Crippen molar-refractivity contribution < 1.29 is 12.8 Å². The van der Waals surface area contributed by atoms with Crippen LogP contribution in [0.4, 0.5) is 4.39 Å². The fourth-order valence-corrected chi connectivity index (χ4v) is 3.72. The van der Waals surface area contributed by atoms with Crippen molar-refractivity contribution in [1.29, 1.82) is 0 Å². The van der Waals surface area contributed by atoms with E-state index in [0.29, 0.717) is 0 Å².